The Hall–Kier alpha value is -3.01. The van der Waals surface area contributed by atoms with Crippen molar-refractivity contribution in [1.29, 1.82) is 0 Å². The largest absolute Gasteiger partial charge is 0.346 e. The summed E-state index contributed by atoms with van der Waals surface area (Å²) in [6.45, 7) is 4.02. The van der Waals surface area contributed by atoms with Crippen LogP contribution in [0, 0.1) is 6.92 Å². The van der Waals surface area contributed by atoms with Gasteiger partial charge in [0, 0.05) is 6.08 Å². The third kappa shape index (κ3) is 3.66. The van der Waals surface area contributed by atoms with E-state index in [1.165, 1.54) is 6.08 Å². The van der Waals surface area contributed by atoms with Gasteiger partial charge in [0.05, 0.1) is 29.0 Å². The summed E-state index contributed by atoms with van der Waals surface area (Å²) < 4.78 is 0. The summed E-state index contributed by atoms with van der Waals surface area (Å²) in [4.78, 5) is 20.9. The van der Waals surface area contributed by atoms with Crippen molar-refractivity contribution in [1.82, 2.24) is 15.3 Å². The Kier molecular flexibility index (Phi) is 4.66. The fourth-order valence-electron chi connectivity index (χ4n) is 2.62. The summed E-state index contributed by atoms with van der Waals surface area (Å²) in [6, 6.07) is 15.6. The van der Waals surface area contributed by atoms with Crippen molar-refractivity contribution in [2.45, 2.75) is 19.9 Å². The highest BCUT2D eigenvalue weighted by molar-refractivity contribution is 5.92. The quantitative estimate of drug-likeness (QED) is 0.744. The lowest BCUT2D eigenvalue weighted by Gasteiger charge is -2.15. The predicted molar refractivity (Wildman–Crippen MR) is 96.3 cm³/mol. The molecule has 4 heteroatoms. The molecule has 0 aliphatic rings. The molecule has 0 radical (unpaired) electrons. The van der Waals surface area contributed by atoms with E-state index in [0.29, 0.717) is 5.69 Å². The standard InChI is InChI=1S/C20H19N3O/c1-14-7-3-4-8-17(14)15(2)22-20(24)12-11-16-13-21-18-9-5-6-10-19(18)23-16/h3-13,15H,1-2H3,(H,22,24)/b12-11+. The van der Waals surface area contributed by atoms with Crippen molar-refractivity contribution >= 4 is 23.0 Å². The van der Waals surface area contributed by atoms with Gasteiger partial charge in [-0.2, -0.15) is 0 Å². The van der Waals surface area contributed by atoms with Gasteiger partial charge in [0.2, 0.25) is 5.91 Å². The molecule has 3 rings (SSSR count). The number of amides is 1. The number of rotatable bonds is 4. The molecule has 4 nitrogen and oxygen atoms in total. The van der Waals surface area contributed by atoms with Crippen molar-refractivity contribution in [2.24, 2.45) is 0 Å². The van der Waals surface area contributed by atoms with E-state index in [-0.39, 0.29) is 11.9 Å². The highest BCUT2D eigenvalue weighted by atomic mass is 16.1. The van der Waals surface area contributed by atoms with E-state index in [1.54, 1.807) is 12.3 Å². The van der Waals surface area contributed by atoms with Crippen LogP contribution >= 0.6 is 0 Å². The number of nitrogens with zero attached hydrogens (tertiary/aromatic N) is 2. The highest BCUT2D eigenvalue weighted by Gasteiger charge is 2.09. The second-order valence-corrected chi connectivity index (χ2v) is 5.70. The summed E-state index contributed by atoms with van der Waals surface area (Å²) in [5.74, 6) is -0.152. The Balaban J connectivity index is 1.69. The molecule has 0 saturated heterocycles. The zero-order valence-electron chi connectivity index (χ0n) is 13.7. The van der Waals surface area contributed by atoms with Crippen LogP contribution in [0.5, 0.6) is 0 Å². The maximum atomic E-state index is 12.1. The molecule has 0 saturated carbocycles. The highest BCUT2D eigenvalue weighted by Crippen LogP contribution is 2.16. The van der Waals surface area contributed by atoms with Gasteiger partial charge in [0.1, 0.15) is 0 Å². The predicted octanol–water partition coefficient (Wildman–Crippen LogP) is 3.83. The summed E-state index contributed by atoms with van der Waals surface area (Å²) in [5.41, 5.74) is 4.59. The van der Waals surface area contributed by atoms with Gasteiger partial charge in [-0.3, -0.25) is 9.78 Å². The van der Waals surface area contributed by atoms with Crippen molar-refractivity contribution in [3.8, 4) is 0 Å². The van der Waals surface area contributed by atoms with E-state index in [1.807, 2.05) is 62.4 Å². The van der Waals surface area contributed by atoms with Crippen LogP contribution in [-0.4, -0.2) is 15.9 Å². The van der Waals surface area contributed by atoms with E-state index in [9.17, 15) is 4.79 Å². The number of nitrogens with one attached hydrogen (secondary N) is 1. The topological polar surface area (TPSA) is 54.9 Å². The van der Waals surface area contributed by atoms with Crippen molar-refractivity contribution in [3.05, 3.63) is 77.6 Å². The first kappa shape index (κ1) is 15.9. The van der Waals surface area contributed by atoms with Gasteiger partial charge >= 0.3 is 0 Å². The Bertz CT molecular complexity index is 902. The van der Waals surface area contributed by atoms with Gasteiger partial charge < -0.3 is 5.32 Å². The number of carbonyl (C=O) groups is 1. The fraction of sp³-hybridized carbons (Fsp3) is 0.150. The lowest BCUT2D eigenvalue weighted by Crippen LogP contribution is -2.25. The fourth-order valence-corrected chi connectivity index (χ4v) is 2.62. The van der Waals surface area contributed by atoms with E-state index in [2.05, 4.69) is 15.3 Å². The maximum absolute atomic E-state index is 12.1. The van der Waals surface area contributed by atoms with E-state index in [0.717, 1.165) is 22.2 Å². The van der Waals surface area contributed by atoms with Crippen LogP contribution in [0.25, 0.3) is 17.1 Å². The molecule has 1 unspecified atom stereocenters. The molecule has 0 spiro atoms. The van der Waals surface area contributed by atoms with Crippen LogP contribution in [0.15, 0.2) is 60.8 Å². The Morgan fingerprint density at radius 1 is 1.08 bits per heavy atom. The molecule has 1 heterocycles. The van der Waals surface area contributed by atoms with Crippen molar-refractivity contribution < 1.29 is 4.79 Å². The summed E-state index contributed by atoms with van der Waals surface area (Å²) in [6.07, 6.45) is 4.84. The first-order valence-corrected chi connectivity index (χ1v) is 7.89. The first-order valence-electron chi connectivity index (χ1n) is 7.89. The third-order valence-electron chi connectivity index (χ3n) is 3.89. The molecule has 1 N–H and O–H groups in total. The zero-order valence-corrected chi connectivity index (χ0v) is 13.7. The number of para-hydroxylation sites is 2. The number of aryl methyl sites for hydroxylation is 1. The first-order chi connectivity index (χ1) is 11.6. The van der Waals surface area contributed by atoms with E-state index >= 15 is 0 Å². The third-order valence-corrected chi connectivity index (χ3v) is 3.89. The van der Waals surface area contributed by atoms with Gasteiger partial charge in [-0.25, -0.2) is 4.98 Å². The average Bonchev–Trinajstić information content (AvgIpc) is 2.60. The van der Waals surface area contributed by atoms with Crippen LogP contribution in [0.4, 0.5) is 0 Å². The van der Waals surface area contributed by atoms with Crippen LogP contribution in [0.2, 0.25) is 0 Å². The average molecular weight is 317 g/mol. The second kappa shape index (κ2) is 7.04. The van der Waals surface area contributed by atoms with Gasteiger partial charge in [-0.05, 0) is 43.2 Å². The van der Waals surface area contributed by atoms with Crippen LogP contribution < -0.4 is 5.32 Å². The molecule has 2 aromatic carbocycles. The number of fused-ring (bicyclic) bond motifs is 1. The van der Waals surface area contributed by atoms with Gasteiger partial charge in [0.25, 0.3) is 0 Å². The lowest BCUT2D eigenvalue weighted by atomic mass is 10.0. The molecule has 0 fully saturated rings. The minimum Gasteiger partial charge on any atom is -0.346 e. The summed E-state index contributed by atoms with van der Waals surface area (Å²) in [5, 5.41) is 2.97. The van der Waals surface area contributed by atoms with Crippen LogP contribution in [-0.2, 0) is 4.79 Å². The molecule has 120 valence electrons. The Morgan fingerprint density at radius 2 is 1.79 bits per heavy atom. The number of aromatic nitrogens is 2. The zero-order chi connectivity index (χ0) is 16.9. The Morgan fingerprint density at radius 3 is 2.58 bits per heavy atom. The van der Waals surface area contributed by atoms with Crippen molar-refractivity contribution in [3.63, 3.8) is 0 Å². The molecule has 1 amide bonds. The van der Waals surface area contributed by atoms with E-state index in [4.69, 9.17) is 0 Å². The Labute approximate surface area is 141 Å². The molecular formula is C20H19N3O. The van der Waals surface area contributed by atoms with Crippen LogP contribution in [0.3, 0.4) is 0 Å². The van der Waals surface area contributed by atoms with Crippen LogP contribution in [0.1, 0.15) is 29.8 Å². The van der Waals surface area contributed by atoms with Gasteiger partial charge in [0.15, 0.2) is 0 Å². The molecule has 1 aromatic heterocycles. The maximum Gasteiger partial charge on any atom is 0.244 e. The minimum atomic E-state index is -0.152. The summed E-state index contributed by atoms with van der Waals surface area (Å²) >= 11 is 0. The number of carbonyl (C=O) groups excluding carboxylic acids is 1. The van der Waals surface area contributed by atoms with E-state index < -0.39 is 0 Å². The molecule has 1 atom stereocenters. The van der Waals surface area contributed by atoms with Gasteiger partial charge in [-0.15, -0.1) is 0 Å². The molecule has 3 aromatic rings. The SMILES string of the molecule is Cc1ccccc1C(C)NC(=O)/C=C/c1cnc2ccccc2n1. The number of hydrogen-bond donors (Lipinski definition) is 1. The molecule has 24 heavy (non-hydrogen) atoms. The van der Waals surface area contributed by atoms with Crippen molar-refractivity contribution in [2.75, 3.05) is 0 Å². The molecule has 0 aliphatic heterocycles. The minimum absolute atomic E-state index is 0.0500. The number of benzene rings is 2. The number of hydrogen-bond acceptors (Lipinski definition) is 3. The molecule has 0 aliphatic carbocycles. The molecular weight excluding hydrogens is 298 g/mol. The van der Waals surface area contributed by atoms with Gasteiger partial charge in [-0.1, -0.05) is 36.4 Å². The molecule has 0 bridgehead atoms. The summed E-state index contributed by atoms with van der Waals surface area (Å²) in [7, 11) is 0. The monoisotopic (exact) mass is 317 g/mol. The smallest absolute Gasteiger partial charge is 0.244 e. The second-order valence-electron chi connectivity index (χ2n) is 5.70. The normalized spacial score (nSPS) is 12.4. The lowest BCUT2D eigenvalue weighted by molar-refractivity contribution is -0.117.